The fraction of sp³-hybridized carbons (Fsp3) is 0.409. The van der Waals surface area contributed by atoms with Gasteiger partial charge in [0.25, 0.3) is 0 Å². The van der Waals surface area contributed by atoms with Crippen LogP contribution < -0.4 is 0 Å². The summed E-state index contributed by atoms with van der Waals surface area (Å²) >= 11 is 0. The van der Waals surface area contributed by atoms with Gasteiger partial charge in [0, 0.05) is 62.1 Å². The lowest BCUT2D eigenvalue weighted by molar-refractivity contribution is -0.131. The average molecular weight is 390 g/mol. The zero-order chi connectivity index (χ0) is 20.2. The molecule has 3 aromatic rings. The molecule has 29 heavy (non-hydrogen) atoms. The lowest BCUT2D eigenvalue weighted by Gasteiger charge is -2.33. The number of carbonyl (C=O) groups excluding carboxylic acids is 1. The molecule has 1 aliphatic heterocycles. The van der Waals surface area contributed by atoms with Gasteiger partial charge in [-0.25, -0.2) is 9.97 Å². The van der Waals surface area contributed by atoms with Crippen molar-refractivity contribution in [2.75, 3.05) is 13.1 Å². The number of nitrogens with zero attached hydrogens (tertiary/aromatic N) is 6. The Morgan fingerprint density at radius 2 is 1.90 bits per heavy atom. The normalized spacial score (nSPS) is 16.9. The minimum absolute atomic E-state index is 0.150. The Morgan fingerprint density at radius 3 is 2.69 bits per heavy atom. The summed E-state index contributed by atoms with van der Waals surface area (Å²) in [6.07, 6.45) is 13.0. The highest BCUT2D eigenvalue weighted by Gasteiger charge is 2.28. The Morgan fingerprint density at radius 1 is 1.10 bits per heavy atom. The van der Waals surface area contributed by atoms with Crippen LogP contribution in [0, 0.1) is 0 Å². The number of pyridine rings is 1. The number of rotatable bonds is 5. The minimum Gasteiger partial charge on any atom is -0.342 e. The highest BCUT2D eigenvalue weighted by atomic mass is 16.2. The van der Waals surface area contributed by atoms with Crippen LogP contribution in [0.1, 0.15) is 55.6 Å². The Bertz CT molecular complexity index is 968. The van der Waals surface area contributed by atoms with E-state index in [1.165, 1.54) is 0 Å². The molecule has 1 aliphatic rings. The second kappa shape index (κ2) is 8.51. The number of aromatic nitrogens is 5. The molecule has 1 saturated heterocycles. The van der Waals surface area contributed by atoms with E-state index in [-0.39, 0.29) is 17.7 Å². The van der Waals surface area contributed by atoms with Gasteiger partial charge in [-0.05, 0) is 30.5 Å². The van der Waals surface area contributed by atoms with Crippen molar-refractivity contribution in [3.63, 3.8) is 0 Å². The van der Waals surface area contributed by atoms with Crippen molar-refractivity contribution in [2.24, 2.45) is 0 Å². The maximum Gasteiger partial charge on any atom is 0.227 e. The Labute approximate surface area is 170 Å². The van der Waals surface area contributed by atoms with Crippen molar-refractivity contribution in [3.05, 3.63) is 66.4 Å². The monoisotopic (exact) mass is 390 g/mol. The smallest absolute Gasteiger partial charge is 0.227 e. The van der Waals surface area contributed by atoms with Crippen LogP contribution in [0.25, 0.3) is 5.82 Å². The van der Waals surface area contributed by atoms with Crippen molar-refractivity contribution in [3.8, 4) is 5.82 Å². The van der Waals surface area contributed by atoms with Crippen molar-refractivity contribution in [1.82, 2.24) is 29.4 Å². The highest BCUT2D eigenvalue weighted by Crippen LogP contribution is 2.30. The molecule has 1 fully saturated rings. The molecule has 4 heterocycles. The molecule has 150 valence electrons. The van der Waals surface area contributed by atoms with Crippen LogP contribution in [-0.4, -0.2) is 48.4 Å². The van der Waals surface area contributed by atoms with Crippen molar-refractivity contribution in [2.45, 2.75) is 44.9 Å². The molecule has 1 unspecified atom stereocenters. The molecule has 0 aliphatic carbocycles. The van der Waals surface area contributed by atoms with E-state index in [9.17, 15) is 4.79 Å². The van der Waals surface area contributed by atoms with Gasteiger partial charge in [-0.3, -0.25) is 19.3 Å². The average Bonchev–Trinajstić information content (AvgIpc) is 3.25. The maximum atomic E-state index is 12.9. The van der Waals surface area contributed by atoms with Gasteiger partial charge in [-0.2, -0.15) is 0 Å². The third-order valence-electron chi connectivity index (χ3n) is 5.39. The summed E-state index contributed by atoms with van der Waals surface area (Å²) in [5.41, 5.74) is 1.93. The van der Waals surface area contributed by atoms with E-state index in [1.54, 1.807) is 31.0 Å². The number of hydrogen-bond donors (Lipinski definition) is 0. The van der Waals surface area contributed by atoms with Crippen LogP contribution in [0.5, 0.6) is 0 Å². The van der Waals surface area contributed by atoms with Gasteiger partial charge in [0.05, 0.1) is 12.1 Å². The Hall–Kier alpha value is -3.09. The SMILES string of the molecule is CC(C)c1nccn1-c1nccnc1C1CCCN(C(=O)Cc2ccncc2)C1. The molecule has 0 spiro atoms. The zero-order valence-electron chi connectivity index (χ0n) is 16.9. The van der Waals surface area contributed by atoms with Crippen LogP contribution in [0.4, 0.5) is 0 Å². The van der Waals surface area contributed by atoms with Crippen LogP contribution >= 0.6 is 0 Å². The summed E-state index contributed by atoms with van der Waals surface area (Å²) in [5, 5.41) is 0. The van der Waals surface area contributed by atoms with Crippen LogP contribution in [0.15, 0.2) is 49.3 Å². The van der Waals surface area contributed by atoms with E-state index in [4.69, 9.17) is 0 Å². The molecule has 7 heteroatoms. The predicted octanol–water partition coefficient (Wildman–Crippen LogP) is 3.13. The van der Waals surface area contributed by atoms with E-state index < -0.39 is 0 Å². The molecule has 4 rings (SSSR count). The van der Waals surface area contributed by atoms with Gasteiger partial charge >= 0.3 is 0 Å². The molecule has 1 atom stereocenters. The van der Waals surface area contributed by atoms with Gasteiger partial charge < -0.3 is 4.90 Å². The lowest BCUT2D eigenvalue weighted by atomic mass is 9.93. The van der Waals surface area contributed by atoms with Crippen LogP contribution in [0.3, 0.4) is 0 Å². The summed E-state index contributed by atoms with van der Waals surface area (Å²) in [6.45, 7) is 5.70. The highest BCUT2D eigenvalue weighted by molar-refractivity contribution is 5.79. The van der Waals surface area contributed by atoms with E-state index in [0.29, 0.717) is 13.0 Å². The minimum atomic E-state index is 0.150. The molecular formula is C22H26N6O. The first-order chi connectivity index (χ1) is 14.1. The van der Waals surface area contributed by atoms with Gasteiger partial charge in [0.2, 0.25) is 5.91 Å². The topological polar surface area (TPSA) is 76.8 Å². The molecule has 0 saturated carbocycles. The van der Waals surface area contributed by atoms with Gasteiger partial charge in [-0.1, -0.05) is 13.8 Å². The van der Waals surface area contributed by atoms with Crippen molar-refractivity contribution >= 4 is 5.91 Å². The van der Waals surface area contributed by atoms with Crippen LogP contribution in [0.2, 0.25) is 0 Å². The van der Waals surface area contributed by atoms with E-state index in [1.807, 2.05) is 27.8 Å². The molecule has 7 nitrogen and oxygen atoms in total. The summed E-state index contributed by atoms with van der Waals surface area (Å²) in [4.78, 5) is 32.6. The fourth-order valence-corrected chi connectivity index (χ4v) is 3.95. The molecule has 0 bridgehead atoms. The number of imidazole rings is 1. The number of likely N-dealkylation sites (tertiary alicyclic amines) is 1. The summed E-state index contributed by atoms with van der Waals surface area (Å²) in [5.74, 6) is 2.38. The standard InChI is InChI=1S/C22H26N6O/c1-16(2)21-26-11-13-28(21)22-20(24-9-10-25-22)18-4-3-12-27(15-18)19(29)14-17-5-7-23-8-6-17/h5-11,13,16,18H,3-4,12,14-15H2,1-2H3. The third kappa shape index (κ3) is 4.18. The number of hydrogen-bond acceptors (Lipinski definition) is 5. The van der Waals surface area contributed by atoms with E-state index >= 15 is 0 Å². The quantitative estimate of drug-likeness (QED) is 0.669. The number of carbonyl (C=O) groups is 1. The maximum absolute atomic E-state index is 12.9. The summed E-state index contributed by atoms with van der Waals surface area (Å²) in [6, 6.07) is 3.79. The number of piperidine rings is 1. The first-order valence-corrected chi connectivity index (χ1v) is 10.1. The van der Waals surface area contributed by atoms with Crippen molar-refractivity contribution in [1.29, 1.82) is 0 Å². The molecule has 1 amide bonds. The fourth-order valence-electron chi connectivity index (χ4n) is 3.95. The third-order valence-corrected chi connectivity index (χ3v) is 5.39. The Kier molecular flexibility index (Phi) is 5.64. The molecule has 0 aromatic carbocycles. The van der Waals surface area contributed by atoms with E-state index in [2.05, 4.69) is 33.8 Å². The first-order valence-electron chi connectivity index (χ1n) is 10.1. The summed E-state index contributed by atoms with van der Waals surface area (Å²) < 4.78 is 2.03. The first kappa shape index (κ1) is 19.2. The van der Waals surface area contributed by atoms with E-state index in [0.717, 1.165) is 42.3 Å². The zero-order valence-corrected chi connectivity index (χ0v) is 16.9. The molecule has 0 N–H and O–H groups in total. The van der Waals surface area contributed by atoms with Gasteiger partial charge in [-0.15, -0.1) is 0 Å². The predicted molar refractivity (Wildman–Crippen MR) is 110 cm³/mol. The molecular weight excluding hydrogens is 364 g/mol. The largest absolute Gasteiger partial charge is 0.342 e. The summed E-state index contributed by atoms with van der Waals surface area (Å²) in [7, 11) is 0. The molecule has 0 radical (unpaired) electrons. The lowest BCUT2D eigenvalue weighted by Crippen LogP contribution is -2.40. The Balaban J connectivity index is 1.56. The van der Waals surface area contributed by atoms with Crippen molar-refractivity contribution < 1.29 is 4.79 Å². The number of amides is 1. The molecule has 3 aromatic heterocycles. The second-order valence-electron chi connectivity index (χ2n) is 7.79. The van der Waals surface area contributed by atoms with Gasteiger partial charge in [0.1, 0.15) is 5.82 Å². The van der Waals surface area contributed by atoms with Crippen LogP contribution in [-0.2, 0) is 11.2 Å². The van der Waals surface area contributed by atoms with Gasteiger partial charge in [0.15, 0.2) is 5.82 Å². The second-order valence-corrected chi connectivity index (χ2v) is 7.79.